The van der Waals surface area contributed by atoms with Crippen molar-refractivity contribution in [1.29, 1.82) is 0 Å². The number of anilines is 1. The van der Waals surface area contributed by atoms with Gasteiger partial charge in [-0.2, -0.15) is 0 Å². The highest BCUT2D eigenvalue weighted by molar-refractivity contribution is 5.95. The molecule has 110 valence electrons. The highest BCUT2D eigenvalue weighted by atomic mass is 16.5. The molecular weight excluding hydrogens is 256 g/mol. The van der Waals surface area contributed by atoms with Gasteiger partial charge in [0.2, 0.25) is 0 Å². The molecule has 3 N–H and O–H groups in total. The minimum absolute atomic E-state index is 0.0155. The summed E-state index contributed by atoms with van der Waals surface area (Å²) in [6.45, 7) is 1.65. The van der Waals surface area contributed by atoms with Crippen LogP contribution in [0.5, 0.6) is 5.75 Å². The lowest BCUT2D eigenvalue weighted by Gasteiger charge is -2.32. The highest BCUT2D eigenvalue weighted by Gasteiger charge is 2.24. The maximum Gasteiger partial charge on any atom is 0.254 e. The van der Waals surface area contributed by atoms with Crippen molar-refractivity contribution in [3.05, 3.63) is 23.8 Å². The van der Waals surface area contributed by atoms with E-state index in [1.165, 1.54) is 0 Å². The summed E-state index contributed by atoms with van der Waals surface area (Å²) in [5.41, 5.74) is 6.88. The third-order valence-corrected chi connectivity index (χ3v) is 3.76. The number of carbonyl (C=O) groups excluding carboxylic acids is 1. The zero-order valence-electron chi connectivity index (χ0n) is 11.8. The van der Waals surface area contributed by atoms with Crippen LogP contribution in [0.4, 0.5) is 5.69 Å². The van der Waals surface area contributed by atoms with Crippen molar-refractivity contribution < 1.29 is 14.6 Å². The van der Waals surface area contributed by atoms with Crippen LogP contribution in [-0.4, -0.2) is 42.7 Å². The summed E-state index contributed by atoms with van der Waals surface area (Å²) in [7, 11) is 1.56. The quantitative estimate of drug-likeness (QED) is 0.819. The Labute approximate surface area is 119 Å². The molecule has 1 aliphatic heterocycles. The van der Waals surface area contributed by atoms with Gasteiger partial charge in [0.05, 0.1) is 7.11 Å². The Morgan fingerprint density at radius 1 is 1.50 bits per heavy atom. The number of carbonyl (C=O) groups is 1. The van der Waals surface area contributed by atoms with Crippen molar-refractivity contribution in [2.75, 3.05) is 32.5 Å². The Bertz CT molecular complexity index is 474. The molecular formula is C15H22N2O3. The number of nitrogens with zero attached hydrogens (tertiary/aromatic N) is 1. The van der Waals surface area contributed by atoms with E-state index in [1.807, 2.05) is 4.90 Å². The Balaban J connectivity index is 2.12. The Morgan fingerprint density at radius 2 is 2.30 bits per heavy atom. The van der Waals surface area contributed by atoms with Crippen LogP contribution in [-0.2, 0) is 0 Å². The number of ether oxygens (including phenoxy) is 1. The van der Waals surface area contributed by atoms with Crippen LogP contribution >= 0.6 is 0 Å². The molecule has 1 aliphatic rings. The number of nitrogens with two attached hydrogens (primary N) is 1. The lowest BCUT2D eigenvalue weighted by Crippen LogP contribution is -2.40. The van der Waals surface area contributed by atoms with Crippen LogP contribution in [0.3, 0.4) is 0 Å². The van der Waals surface area contributed by atoms with Gasteiger partial charge in [-0.1, -0.05) is 0 Å². The topological polar surface area (TPSA) is 75.8 Å². The minimum atomic E-state index is -0.0155. The predicted octanol–water partition coefficient (Wildman–Crippen LogP) is 1.51. The van der Waals surface area contributed by atoms with Gasteiger partial charge in [-0.05, 0) is 37.3 Å². The SMILES string of the molecule is COc1cc(N)cc(C(=O)N2CCCC(CCO)C2)c1. The summed E-state index contributed by atoms with van der Waals surface area (Å²) in [6.07, 6.45) is 2.81. The van der Waals surface area contributed by atoms with Crippen molar-refractivity contribution in [3.63, 3.8) is 0 Å². The summed E-state index contributed by atoms with van der Waals surface area (Å²) in [5.74, 6) is 0.969. The Hall–Kier alpha value is -1.75. The molecule has 5 heteroatoms. The van der Waals surface area contributed by atoms with E-state index >= 15 is 0 Å². The number of hydrogen-bond donors (Lipinski definition) is 2. The second-order valence-corrected chi connectivity index (χ2v) is 5.27. The number of methoxy groups -OCH3 is 1. The fourth-order valence-electron chi connectivity index (χ4n) is 2.71. The first-order valence-corrected chi connectivity index (χ1v) is 6.98. The van der Waals surface area contributed by atoms with Crippen LogP contribution in [0.2, 0.25) is 0 Å². The predicted molar refractivity (Wildman–Crippen MR) is 77.7 cm³/mol. The smallest absolute Gasteiger partial charge is 0.254 e. The average Bonchev–Trinajstić information content (AvgIpc) is 2.46. The maximum absolute atomic E-state index is 12.5. The van der Waals surface area contributed by atoms with E-state index in [-0.39, 0.29) is 12.5 Å². The number of aliphatic hydroxyl groups is 1. The van der Waals surface area contributed by atoms with Crippen molar-refractivity contribution >= 4 is 11.6 Å². The molecule has 0 spiro atoms. The molecule has 0 aliphatic carbocycles. The molecule has 1 unspecified atom stereocenters. The molecule has 1 fully saturated rings. The fraction of sp³-hybridized carbons (Fsp3) is 0.533. The first-order chi connectivity index (χ1) is 9.63. The van der Waals surface area contributed by atoms with E-state index in [0.29, 0.717) is 29.5 Å². The maximum atomic E-state index is 12.5. The molecule has 1 aromatic carbocycles. The van der Waals surface area contributed by atoms with E-state index in [0.717, 1.165) is 25.8 Å². The third-order valence-electron chi connectivity index (χ3n) is 3.76. The number of rotatable bonds is 4. The van der Waals surface area contributed by atoms with Crippen molar-refractivity contribution in [1.82, 2.24) is 4.90 Å². The molecule has 1 atom stereocenters. The summed E-state index contributed by atoms with van der Waals surface area (Å²) >= 11 is 0. The first kappa shape index (κ1) is 14.7. The van der Waals surface area contributed by atoms with Crippen LogP contribution < -0.4 is 10.5 Å². The van der Waals surface area contributed by atoms with Gasteiger partial charge >= 0.3 is 0 Å². The number of piperidine rings is 1. The second kappa shape index (κ2) is 6.61. The summed E-state index contributed by atoms with van der Waals surface area (Å²) in [5, 5.41) is 9.03. The number of hydrogen-bond acceptors (Lipinski definition) is 4. The molecule has 1 aromatic rings. The normalized spacial score (nSPS) is 18.9. The standard InChI is InChI=1S/C15H22N2O3/c1-20-14-8-12(7-13(16)9-14)15(19)17-5-2-3-11(10-17)4-6-18/h7-9,11,18H,2-6,10,16H2,1H3. The zero-order valence-corrected chi connectivity index (χ0v) is 11.8. The molecule has 0 radical (unpaired) electrons. The van der Waals surface area contributed by atoms with Gasteiger partial charge in [-0.15, -0.1) is 0 Å². The first-order valence-electron chi connectivity index (χ1n) is 6.98. The molecule has 0 bridgehead atoms. The van der Waals surface area contributed by atoms with Crippen molar-refractivity contribution in [2.45, 2.75) is 19.3 Å². The lowest BCUT2D eigenvalue weighted by molar-refractivity contribution is 0.0653. The number of nitrogen functional groups attached to an aromatic ring is 1. The van der Waals surface area contributed by atoms with Crippen LogP contribution in [0.25, 0.3) is 0 Å². The molecule has 20 heavy (non-hydrogen) atoms. The summed E-state index contributed by atoms with van der Waals surface area (Å²) < 4.78 is 5.15. The number of likely N-dealkylation sites (tertiary alicyclic amines) is 1. The number of amides is 1. The Kier molecular flexibility index (Phi) is 4.84. The van der Waals surface area contributed by atoms with E-state index in [9.17, 15) is 4.79 Å². The highest BCUT2D eigenvalue weighted by Crippen LogP contribution is 2.24. The molecule has 0 saturated carbocycles. The van der Waals surface area contributed by atoms with Gasteiger partial charge in [-0.3, -0.25) is 4.79 Å². The zero-order chi connectivity index (χ0) is 14.5. The van der Waals surface area contributed by atoms with Crippen LogP contribution in [0.1, 0.15) is 29.6 Å². The van der Waals surface area contributed by atoms with Crippen molar-refractivity contribution in [2.24, 2.45) is 5.92 Å². The monoisotopic (exact) mass is 278 g/mol. The second-order valence-electron chi connectivity index (χ2n) is 5.27. The molecule has 1 heterocycles. The van der Waals surface area contributed by atoms with Crippen molar-refractivity contribution in [3.8, 4) is 5.75 Å². The fourth-order valence-corrected chi connectivity index (χ4v) is 2.71. The van der Waals surface area contributed by atoms with Gasteiger partial charge in [0.25, 0.3) is 5.91 Å². The molecule has 1 saturated heterocycles. The summed E-state index contributed by atoms with van der Waals surface area (Å²) in [4.78, 5) is 14.4. The Morgan fingerprint density at radius 3 is 3.00 bits per heavy atom. The number of aliphatic hydroxyl groups excluding tert-OH is 1. The van der Waals surface area contributed by atoms with E-state index in [1.54, 1.807) is 25.3 Å². The third kappa shape index (κ3) is 3.42. The summed E-state index contributed by atoms with van der Waals surface area (Å²) in [6, 6.07) is 5.09. The van der Waals surface area contributed by atoms with Gasteiger partial charge in [0, 0.05) is 37.0 Å². The largest absolute Gasteiger partial charge is 0.497 e. The molecule has 2 rings (SSSR count). The number of benzene rings is 1. The van der Waals surface area contributed by atoms with E-state index in [2.05, 4.69) is 0 Å². The van der Waals surface area contributed by atoms with Gasteiger partial charge in [-0.25, -0.2) is 0 Å². The average molecular weight is 278 g/mol. The van der Waals surface area contributed by atoms with Crippen LogP contribution in [0.15, 0.2) is 18.2 Å². The minimum Gasteiger partial charge on any atom is -0.497 e. The molecule has 0 aromatic heterocycles. The molecule has 5 nitrogen and oxygen atoms in total. The van der Waals surface area contributed by atoms with Gasteiger partial charge in [0.15, 0.2) is 0 Å². The molecule has 1 amide bonds. The lowest BCUT2D eigenvalue weighted by atomic mass is 9.94. The van der Waals surface area contributed by atoms with E-state index < -0.39 is 0 Å². The van der Waals surface area contributed by atoms with Gasteiger partial charge < -0.3 is 20.5 Å². The van der Waals surface area contributed by atoms with Gasteiger partial charge in [0.1, 0.15) is 5.75 Å². The van der Waals surface area contributed by atoms with E-state index in [4.69, 9.17) is 15.6 Å². The van der Waals surface area contributed by atoms with Crippen LogP contribution in [0, 0.1) is 5.92 Å².